The molecule has 0 aliphatic heterocycles. The number of nitrogens with zero attached hydrogens (tertiary/aromatic N) is 4. The highest BCUT2D eigenvalue weighted by Crippen LogP contribution is 2.37. The van der Waals surface area contributed by atoms with Crippen molar-refractivity contribution in [1.29, 1.82) is 0 Å². The Bertz CT molecular complexity index is 1700. The molecule has 2 aromatic carbocycles. The normalized spacial score (nSPS) is 11.3. The number of furan rings is 1. The van der Waals surface area contributed by atoms with Crippen LogP contribution in [0.5, 0.6) is 11.5 Å². The van der Waals surface area contributed by atoms with Gasteiger partial charge in [0.1, 0.15) is 29.4 Å². The van der Waals surface area contributed by atoms with E-state index in [-0.39, 0.29) is 0 Å². The summed E-state index contributed by atoms with van der Waals surface area (Å²) in [5.41, 5.74) is 6.04. The van der Waals surface area contributed by atoms with E-state index in [1.54, 1.807) is 11.6 Å². The monoisotopic (exact) mass is 497 g/mol. The number of methoxy groups -OCH3 is 1. The Morgan fingerprint density at radius 1 is 1.06 bits per heavy atom. The molecule has 0 bridgehead atoms. The fraction of sp³-hybridized carbons (Fsp3) is 0.148. The van der Waals surface area contributed by atoms with Crippen molar-refractivity contribution in [2.24, 2.45) is 0 Å². The van der Waals surface area contributed by atoms with Gasteiger partial charge in [0.25, 0.3) is 0 Å². The lowest BCUT2D eigenvalue weighted by molar-refractivity contribution is 0.303. The van der Waals surface area contributed by atoms with Gasteiger partial charge in [0.15, 0.2) is 16.5 Å². The second-order valence-corrected chi connectivity index (χ2v) is 9.34. The van der Waals surface area contributed by atoms with E-state index in [0.717, 1.165) is 33.2 Å². The number of imidazole rings is 1. The van der Waals surface area contributed by atoms with Gasteiger partial charge >= 0.3 is 0 Å². The molecule has 0 radical (unpaired) electrons. The van der Waals surface area contributed by atoms with Crippen LogP contribution in [0.1, 0.15) is 17.0 Å². The molecule has 4 heterocycles. The highest BCUT2D eigenvalue weighted by Gasteiger charge is 2.16. The summed E-state index contributed by atoms with van der Waals surface area (Å²) < 4.78 is 19.6. The molecular formula is C27H23N5O3S. The fourth-order valence-corrected chi connectivity index (χ4v) is 4.69. The van der Waals surface area contributed by atoms with Gasteiger partial charge in [-0.2, -0.15) is 5.10 Å². The Labute approximate surface area is 211 Å². The van der Waals surface area contributed by atoms with E-state index in [4.69, 9.17) is 13.9 Å². The van der Waals surface area contributed by atoms with Crippen LogP contribution in [0.25, 0.3) is 28.1 Å². The number of anilines is 2. The molecule has 4 aromatic heterocycles. The molecule has 9 heteroatoms. The van der Waals surface area contributed by atoms with Crippen molar-refractivity contribution < 1.29 is 13.9 Å². The van der Waals surface area contributed by atoms with Gasteiger partial charge in [-0.05, 0) is 49.7 Å². The van der Waals surface area contributed by atoms with Gasteiger partial charge in [-0.25, -0.2) is 14.5 Å². The molecular weight excluding hydrogens is 474 g/mol. The summed E-state index contributed by atoms with van der Waals surface area (Å²) in [4.78, 5) is 9.31. The van der Waals surface area contributed by atoms with Crippen molar-refractivity contribution >= 4 is 38.8 Å². The molecule has 8 nitrogen and oxygen atoms in total. The number of hydrogen-bond donors (Lipinski definition) is 1. The lowest BCUT2D eigenvalue weighted by Crippen LogP contribution is -1.97. The number of nitrogens with one attached hydrogen (secondary N) is 1. The zero-order valence-corrected chi connectivity index (χ0v) is 20.8. The third-order valence-corrected chi connectivity index (χ3v) is 6.52. The van der Waals surface area contributed by atoms with E-state index in [9.17, 15) is 0 Å². The number of rotatable bonds is 7. The lowest BCUT2D eigenvalue weighted by atomic mass is 10.2. The summed E-state index contributed by atoms with van der Waals surface area (Å²) in [5, 5.41) is 11.5. The van der Waals surface area contributed by atoms with Crippen LogP contribution in [0.4, 0.5) is 10.8 Å². The molecule has 180 valence electrons. The second-order valence-electron chi connectivity index (χ2n) is 8.48. The van der Waals surface area contributed by atoms with E-state index < -0.39 is 0 Å². The Morgan fingerprint density at radius 2 is 1.97 bits per heavy atom. The number of fused-ring (bicyclic) bond motifs is 2. The first-order chi connectivity index (χ1) is 17.5. The minimum absolute atomic E-state index is 0.312. The summed E-state index contributed by atoms with van der Waals surface area (Å²) in [6.45, 7) is 4.32. The van der Waals surface area contributed by atoms with Crippen molar-refractivity contribution in [2.75, 3.05) is 12.4 Å². The zero-order chi connectivity index (χ0) is 24.6. The standard InChI is InChI=1S/C27H23N5O3S/c1-16-5-4-6-18(9-16)28-27-29-19(15-36-27)14-34-23-10-20(33-3)11-24-21(23)12-25(35-24)22-13-32-26(30-22)8-7-17(2)31-32/h4-13,15H,14H2,1-3H3,(H,28,29). The van der Waals surface area contributed by atoms with Crippen LogP contribution in [0.3, 0.4) is 0 Å². The topological polar surface area (TPSA) is 86.7 Å². The van der Waals surface area contributed by atoms with Gasteiger partial charge < -0.3 is 19.2 Å². The molecule has 0 fully saturated rings. The van der Waals surface area contributed by atoms with Crippen LogP contribution in [-0.4, -0.2) is 26.7 Å². The van der Waals surface area contributed by atoms with Crippen LogP contribution in [0.15, 0.2) is 70.6 Å². The summed E-state index contributed by atoms with van der Waals surface area (Å²) >= 11 is 1.54. The molecule has 6 rings (SSSR count). The van der Waals surface area contributed by atoms with Crippen LogP contribution < -0.4 is 14.8 Å². The molecule has 1 N–H and O–H groups in total. The minimum atomic E-state index is 0.312. The van der Waals surface area contributed by atoms with Gasteiger partial charge in [-0.15, -0.1) is 11.3 Å². The molecule has 0 aliphatic rings. The number of aromatic nitrogens is 4. The molecule has 0 amide bonds. The molecule has 0 saturated heterocycles. The predicted molar refractivity (Wildman–Crippen MR) is 140 cm³/mol. The third-order valence-electron chi connectivity index (χ3n) is 5.71. The number of aryl methyl sites for hydroxylation is 2. The predicted octanol–water partition coefficient (Wildman–Crippen LogP) is 6.55. The summed E-state index contributed by atoms with van der Waals surface area (Å²) in [6.07, 6.45) is 1.86. The number of thiazole rings is 1. The van der Waals surface area contributed by atoms with Gasteiger partial charge in [0.2, 0.25) is 0 Å². The van der Waals surface area contributed by atoms with Gasteiger partial charge in [0.05, 0.1) is 30.1 Å². The first-order valence-corrected chi connectivity index (χ1v) is 12.3. The van der Waals surface area contributed by atoms with E-state index in [0.29, 0.717) is 35.1 Å². The summed E-state index contributed by atoms with van der Waals surface area (Å²) in [6, 6.07) is 17.7. The molecule has 6 aromatic rings. The molecule has 0 unspecified atom stereocenters. The van der Waals surface area contributed by atoms with Gasteiger partial charge in [0, 0.05) is 23.2 Å². The van der Waals surface area contributed by atoms with Crippen LogP contribution >= 0.6 is 11.3 Å². The Morgan fingerprint density at radius 3 is 2.83 bits per heavy atom. The first kappa shape index (κ1) is 22.1. The third kappa shape index (κ3) is 4.36. The largest absolute Gasteiger partial charge is 0.496 e. The van der Waals surface area contributed by atoms with Gasteiger partial charge in [-0.1, -0.05) is 12.1 Å². The summed E-state index contributed by atoms with van der Waals surface area (Å²) in [7, 11) is 1.62. The van der Waals surface area contributed by atoms with E-state index in [1.165, 1.54) is 16.9 Å². The molecule has 0 atom stereocenters. The average molecular weight is 498 g/mol. The van der Waals surface area contributed by atoms with E-state index in [1.807, 2.05) is 61.0 Å². The number of ether oxygens (including phenoxy) is 2. The zero-order valence-electron chi connectivity index (χ0n) is 20.0. The lowest BCUT2D eigenvalue weighted by Gasteiger charge is -2.08. The molecule has 0 aliphatic carbocycles. The van der Waals surface area contributed by atoms with E-state index >= 15 is 0 Å². The Kier molecular flexibility index (Phi) is 5.54. The highest BCUT2D eigenvalue weighted by atomic mass is 32.1. The smallest absolute Gasteiger partial charge is 0.187 e. The fourth-order valence-electron chi connectivity index (χ4n) is 3.97. The van der Waals surface area contributed by atoms with Gasteiger partial charge in [-0.3, -0.25) is 0 Å². The number of hydrogen-bond acceptors (Lipinski definition) is 8. The van der Waals surface area contributed by atoms with Crippen molar-refractivity contribution in [3.63, 3.8) is 0 Å². The molecule has 0 saturated carbocycles. The molecule has 0 spiro atoms. The van der Waals surface area contributed by atoms with Crippen molar-refractivity contribution in [1.82, 2.24) is 19.6 Å². The van der Waals surface area contributed by atoms with Crippen molar-refractivity contribution in [2.45, 2.75) is 20.5 Å². The maximum absolute atomic E-state index is 6.19. The van der Waals surface area contributed by atoms with Crippen molar-refractivity contribution in [3.8, 4) is 23.0 Å². The summed E-state index contributed by atoms with van der Waals surface area (Å²) in [5.74, 6) is 1.92. The minimum Gasteiger partial charge on any atom is -0.496 e. The SMILES string of the molecule is COc1cc(OCc2csc(Nc3cccc(C)c3)n2)c2cc(-c3cn4nc(C)ccc4n3)oc2c1. The van der Waals surface area contributed by atoms with Crippen LogP contribution in [0, 0.1) is 13.8 Å². The van der Waals surface area contributed by atoms with Crippen LogP contribution in [0.2, 0.25) is 0 Å². The molecule has 36 heavy (non-hydrogen) atoms. The number of benzene rings is 2. The second kappa shape index (κ2) is 9.01. The first-order valence-electron chi connectivity index (χ1n) is 11.4. The maximum atomic E-state index is 6.19. The Hall–Kier alpha value is -4.37. The van der Waals surface area contributed by atoms with Crippen molar-refractivity contribution in [3.05, 3.63) is 83.1 Å². The average Bonchev–Trinajstić information content (AvgIpc) is 3.60. The quantitative estimate of drug-likeness (QED) is 0.268. The Balaban J connectivity index is 1.26. The van der Waals surface area contributed by atoms with Crippen LogP contribution in [-0.2, 0) is 6.61 Å². The maximum Gasteiger partial charge on any atom is 0.187 e. The highest BCUT2D eigenvalue weighted by molar-refractivity contribution is 7.13. The van der Waals surface area contributed by atoms with E-state index in [2.05, 4.69) is 39.4 Å².